The van der Waals surface area contributed by atoms with Crippen molar-refractivity contribution in [1.82, 2.24) is 0 Å². The molecule has 1 aliphatic rings. The number of carbonyl (C=O) groups excluding carboxylic acids is 3. The molecule has 1 aliphatic heterocycles. The normalized spacial score (nSPS) is 13.1. The highest BCUT2D eigenvalue weighted by Crippen LogP contribution is 2.28. The number of benzene rings is 2. The lowest BCUT2D eigenvalue weighted by molar-refractivity contribution is -0.143. The van der Waals surface area contributed by atoms with Crippen LogP contribution in [0, 0.1) is 0 Å². The number of rotatable bonds is 5. The second-order valence-corrected chi connectivity index (χ2v) is 5.73. The minimum absolute atomic E-state index is 0.121. The molecule has 0 fully saturated rings. The molecular weight excluding hydrogens is 348 g/mol. The van der Waals surface area contributed by atoms with Crippen LogP contribution in [0.15, 0.2) is 54.6 Å². The molecule has 0 atom stereocenters. The van der Waals surface area contributed by atoms with Crippen LogP contribution in [0.5, 0.6) is 5.75 Å². The Morgan fingerprint density at radius 1 is 1.15 bits per heavy atom. The number of nitrogens with zero attached hydrogens (tertiary/aromatic N) is 1. The molecule has 2 amide bonds. The van der Waals surface area contributed by atoms with Crippen LogP contribution in [-0.4, -0.2) is 38.0 Å². The number of para-hydroxylation sites is 3. The molecule has 0 aliphatic carbocycles. The van der Waals surface area contributed by atoms with Crippen LogP contribution >= 0.6 is 0 Å². The average Bonchev–Trinajstić information content (AvgIpc) is 2.69. The first-order chi connectivity index (χ1) is 13.1. The molecule has 0 aromatic heterocycles. The van der Waals surface area contributed by atoms with Gasteiger partial charge in [0.2, 0.25) is 5.91 Å². The smallest absolute Gasteiger partial charge is 0.331 e. The van der Waals surface area contributed by atoms with Crippen molar-refractivity contribution in [2.45, 2.75) is 0 Å². The summed E-state index contributed by atoms with van der Waals surface area (Å²) in [7, 11) is 1.54. The van der Waals surface area contributed by atoms with Crippen molar-refractivity contribution >= 4 is 35.2 Å². The van der Waals surface area contributed by atoms with Crippen LogP contribution in [0.25, 0.3) is 6.08 Å². The van der Waals surface area contributed by atoms with Crippen LogP contribution in [-0.2, 0) is 19.1 Å². The Balaban J connectivity index is 1.62. The molecule has 2 aromatic carbocycles. The van der Waals surface area contributed by atoms with E-state index in [1.54, 1.807) is 42.5 Å². The van der Waals surface area contributed by atoms with E-state index < -0.39 is 18.5 Å². The van der Waals surface area contributed by atoms with E-state index in [1.165, 1.54) is 18.1 Å². The molecule has 27 heavy (non-hydrogen) atoms. The first kappa shape index (κ1) is 18.2. The summed E-state index contributed by atoms with van der Waals surface area (Å²) in [5.74, 6) is -0.821. The third kappa shape index (κ3) is 4.33. The zero-order valence-electron chi connectivity index (χ0n) is 14.7. The largest absolute Gasteiger partial charge is 0.496 e. The third-order valence-electron chi connectivity index (χ3n) is 3.95. The highest BCUT2D eigenvalue weighted by atomic mass is 16.5. The van der Waals surface area contributed by atoms with Crippen molar-refractivity contribution in [3.05, 3.63) is 60.2 Å². The topological polar surface area (TPSA) is 84.9 Å². The fraction of sp³-hybridized carbons (Fsp3) is 0.150. The fourth-order valence-corrected chi connectivity index (χ4v) is 2.68. The number of anilines is 2. The summed E-state index contributed by atoms with van der Waals surface area (Å²) in [6.07, 6.45) is 2.78. The van der Waals surface area contributed by atoms with E-state index in [0.717, 1.165) is 0 Å². The van der Waals surface area contributed by atoms with Crippen molar-refractivity contribution in [3.8, 4) is 5.75 Å². The van der Waals surface area contributed by atoms with Gasteiger partial charge in [0, 0.05) is 11.6 Å². The Kier molecular flexibility index (Phi) is 5.51. The maximum absolute atomic E-state index is 12.4. The Morgan fingerprint density at radius 2 is 1.89 bits per heavy atom. The summed E-state index contributed by atoms with van der Waals surface area (Å²) >= 11 is 0. The first-order valence-corrected chi connectivity index (χ1v) is 8.25. The van der Waals surface area contributed by atoms with Crippen LogP contribution in [0.4, 0.5) is 11.4 Å². The molecule has 0 spiro atoms. The molecule has 7 nitrogen and oxygen atoms in total. The van der Waals surface area contributed by atoms with Crippen LogP contribution < -0.4 is 15.0 Å². The summed E-state index contributed by atoms with van der Waals surface area (Å²) < 4.78 is 10.2. The summed E-state index contributed by atoms with van der Waals surface area (Å²) in [6, 6.07) is 14.1. The van der Waals surface area contributed by atoms with Gasteiger partial charge in [-0.25, -0.2) is 4.79 Å². The zero-order chi connectivity index (χ0) is 19.2. The average molecular weight is 366 g/mol. The number of amides is 2. The van der Waals surface area contributed by atoms with E-state index >= 15 is 0 Å². The number of hydrogen-bond donors (Lipinski definition) is 1. The maximum Gasteiger partial charge on any atom is 0.331 e. The molecule has 7 heteroatoms. The van der Waals surface area contributed by atoms with Crippen molar-refractivity contribution in [2.24, 2.45) is 0 Å². The SMILES string of the molecule is COc1ccccc1/C=C/C(=O)OCC(=O)N1CC(=O)Nc2ccccc21. The van der Waals surface area contributed by atoms with Gasteiger partial charge < -0.3 is 14.8 Å². The molecule has 0 saturated heterocycles. The molecule has 1 N–H and O–H groups in total. The van der Waals surface area contributed by atoms with E-state index in [9.17, 15) is 14.4 Å². The molecular formula is C20H18N2O5. The maximum atomic E-state index is 12.4. The van der Waals surface area contributed by atoms with Gasteiger partial charge >= 0.3 is 5.97 Å². The summed E-state index contributed by atoms with van der Waals surface area (Å²) in [5.41, 5.74) is 1.83. The second kappa shape index (κ2) is 8.18. The quantitative estimate of drug-likeness (QED) is 0.648. The van der Waals surface area contributed by atoms with E-state index in [4.69, 9.17) is 9.47 Å². The minimum atomic E-state index is -0.663. The van der Waals surface area contributed by atoms with Gasteiger partial charge in [0.25, 0.3) is 5.91 Å². The number of nitrogens with one attached hydrogen (secondary N) is 1. The van der Waals surface area contributed by atoms with E-state index in [2.05, 4.69) is 5.32 Å². The Bertz CT molecular complexity index is 907. The highest BCUT2D eigenvalue weighted by Gasteiger charge is 2.26. The van der Waals surface area contributed by atoms with Gasteiger partial charge in [0.15, 0.2) is 6.61 Å². The van der Waals surface area contributed by atoms with Gasteiger partial charge in [0.1, 0.15) is 12.3 Å². The Morgan fingerprint density at radius 3 is 2.70 bits per heavy atom. The van der Waals surface area contributed by atoms with Crippen LogP contribution in [0.1, 0.15) is 5.56 Å². The number of hydrogen-bond acceptors (Lipinski definition) is 5. The Labute approximate surface area is 156 Å². The lowest BCUT2D eigenvalue weighted by Gasteiger charge is -2.28. The molecule has 138 valence electrons. The summed E-state index contributed by atoms with van der Waals surface area (Å²) in [6.45, 7) is -0.582. The van der Waals surface area contributed by atoms with Crippen LogP contribution in [0.3, 0.4) is 0 Å². The Hall–Kier alpha value is -3.61. The van der Waals surface area contributed by atoms with Crippen molar-refractivity contribution < 1.29 is 23.9 Å². The molecule has 2 aromatic rings. The monoisotopic (exact) mass is 366 g/mol. The molecule has 0 unspecified atom stereocenters. The second-order valence-electron chi connectivity index (χ2n) is 5.73. The molecule has 0 bridgehead atoms. The standard InChI is InChI=1S/C20H18N2O5/c1-26-17-9-5-2-6-14(17)10-11-20(25)27-13-19(24)22-12-18(23)21-15-7-3-4-8-16(15)22/h2-11H,12-13H2,1H3,(H,21,23)/b11-10+. The summed E-state index contributed by atoms with van der Waals surface area (Å²) in [4.78, 5) is 37.4. The number of esters is 1. The number of fused-ring (bicyclic) bond motifs is 1. The van der Waals surface area contributed by atoms with Gasteiger partial charge in [-0.3, -0.25) is 14.5 Å². The molecule has 0 saturated carbocycles. The van der Waals surface area contributed by atoms with E-state index in [-0.39, 0.29) is 12.5 Å². The summed E-state index contributed by atoms with van der Waals surface area (Å²) in [5, 5.41) is 2.70. The van der Waals surface area contributed by atoms with Gasteiger partial charge in [-0.1, -0.05) is 30.3 Å². The minimum Gasteiger partial charge on any atom is -0.496 e. The predicted octanol–water partition coefficient (Wildman–Crippen LogP) is 2.24. The lowest BCUT2D eigenvalue weighted by atomic mass is 10.2. The van der Waals surface area contributed by atoms with Crippen molar-refractivity contribution in [3.63, 3.8) is 0 Å². The van der Waals surface area contributed by atoms with Gasteiger partial charge in [-0.2, -0.15) is 0 Å². The van der Waals surface area contributed by atoms with Crippen molar-refractivity contribution in [2.75, 3.05) is 30.5 Å². The van der Waals surface area contributed by atoms with Gasteiger partial charge in [0.05, 0.1) is 18.5 Å². The highest BCUT2D eigenvalue weighted by molar-refractivity contribution is 6.10. The van der Waals surface area contributed by atoms with Crippen LogP contribution in [0.2, 0.25) is 0 Å². The van der Waals surface area contributed by atoms with E-state index in [0.29, 0.717) is 22.7 Å². The zero-order valence-corrected chi connectivity index (χ0v) is 14.7. The molecule has 0 radical (unpaired) electrons. The number of carbonyl (C=O) groups is 3. The predicted molar refractivity (Wildman–Crippen MR) is 100 cm³/mol. The van der Waals surface area contributed by atoms with Crippen molar-refractivity contribution in [1.29, 1.82) is 0 Å². The van der Waals surface area contributed by atoms with Gasteiger partial charge in [-0.05, 0) is 24.3 Å². The lowest BCUT2D eigenvalue weighted by Crippen LogP contribution is -2.43. The fourth-order valence-electron chi connectivity index (χ4n) is 2.68. The third-order valence-corrected chi connectivity index (χ3v) is 3.95. The molecule has 3 rings (SSSR count). The number of ether oxygens (including phenoxy) is 2. The molecule has 1 heterocycles. The van der Waals surface area contributed by atoms with E-state index in [1.807, 2.05) is 12.1 Å². The first-order valence-electron chi connectivity index (χ1n) is 8.25. The van der Waals surface area contributed by atoms with Gasteiger partial charge in [-0.15, -0.1) is 0 Å². The number of methoxy groups -OCH3 is 1.